The highest BCUT2D eigenvalue weighted by molar-refractivity contribution is 7.89. The van der Waals surface area contributed by atoms with E-state index < -0.39 is 10.0 Å². The highest BCUT2D eigenvalue weighted by Gasteiger charge is 2.25. The fourth-order valence-corrected chi connectivity index (χ4v) is 3.89. The van der Waals surface area contributed by atoms with Gasteiger partial charge in [-0.2, -0.15) is 0 Å². The van der Waals surface area contributed by atoms with E-state index in [1.165, 1.54) is 19.1 Å². The van der Waals surface area contributed by atoms with Crippen LogP contribution in [-0.4, -0.2) is 58.0 Å². The molecule has 134 valence electrons. The Hall–Kier alpha value is -1.28. The van der Waals surface area contributed by atoms with Crippen LogP contribution >= 0.6 is 0 Å². The molecule has 1 heterocycles. The summed E-state index contributed by atoms with van der Waals surface area (Å²) in [4.78, 5) is 13.7. The minimum Gasteiger partial charge on any atom is -0.379 e. The molecule has 1 atom stereocenters. The first-order chi connectivity index (χ1) is 11.3. The smallest absolute Gasteiger partial charge is 0.240 e. The molecule has 1 fully saturated rings. The Morgan fingerprint density at radius 2 is 1.79 bits per heavy atom. The van der Waals surface area contributed by atoms with Crippen LogP contribution in [0.4, 0.5) is 0 Å². The maximum absolute atomic E-state index is 12.5. The first-order valence-corrected chi connectivity index (χ1v) is 9.72. The summed E-state index contributed by atoms with van der Waals surface area (Å²) in [6.45, 7) is 9.00. The van der Waals surface area contributed by atoms with Gasteiger partial charge < -0.3 is 4.74 Å². The predicted octanol–water partition coefficient (Wildman–Crippen LogP) is 1.52. The van der Waals surface area contributed by atoms with E-state index >= 15 is 0 Å². The zero-order valence-electron chi connectivity index (χ0n) is 14.5. The number of nitrogens with one attached hydrogen (secondary N) is 1. The molecule has 0 unspecified atom stereocenters. The van der Waals surface area contributed by atoms with Crippen LogP contribution in [0.15, 0.2) is 29.2 Å². The molecule has 6 nitrogen and oxygen atoms in total. The second-order valence-corrected chi connectivity index (χ2v) is 8.16. The molecule has 0 bridgehead atoms. The van der Waals surface area contributed by atoms with Gasteiger partial charge in [-0.25, -0.2) is 13.1 Å². The van der Waals surface area contributed by atoms with Crippen molar-refractivity contribution in [3.05, 3.63) is 29.8 Å². The van der Waals surface area contributed by atoms with E-state index in [9.17, 15) is 13.2 Å². The molecule has 1 aliphatic rings. The monoisotopic (exact) mass is 354 g/mol. The molecule has 1 aromatic rings. The third kappa shape index (κ3) is 4.86. The molecule has 1 N–H and O–H groups in total. The standard InChI is InChI=1S/C17H26N2O4S/c1-13(2)17(19-8-10-23-11-9-19)12-18-24(21,22)16-6-4-15(5-7-16)14(3)20/h4-7,13,17-18H,8-12H2,1-3H3/t17-/m1/s1. The van der Waals surface area contributed by atoms with Gasteiger partial charge in [0, 0.05) is 31.2 Å². The maximum Gasteiger partial charge on any atom is 0.240 e. The van der Waals surface area contributed by atoms with Crippen molar-refractivity contribution in [2.24, 2.45) is 5.92 Å². The molecule has 0 amide bonds. The van der Waals surface area contributed by atoms with Crippen LogP contribution in [0, 0.1) is 5.92 Å². The zero-order chi connectivity index (χ0) is 17.7. The topological polar surface area (TPSA) is 75.7 Å². The average molecular weight is 354 g/mol. The van der Waals surface area contributed by atoms with Gasteiger partial charge in [0.2, 0.25) is 10.0 Å². The third-order valence-corrected chi connectivity index (χ3v) is 5.78. The Labute approximate surface area is 144 Å². The molecule has 0 spiro atoms. The largest absolute Gasteiger partial charge is 0.379 e. The molecule has 0 saturated carbocycles. The Kier molecular flexibility index (Phi) is 6.51. The number of nitrogens with zero attached hydrogens (tertiary/aromatic N) is 1. The van der Waals surface area contributed by atoms with Crippen molar-refractivity contribution in [3.8, 4) is 0 Å². The van der Waals surface area contributed by atoms with Crippen LogP contribution in [0.2, 0.25) is 0 Å². The Bertz CT molecular complexity index is 650. The number of ether oxygens (including phenoxy) is 1. The average Bonchev–Trinajstić information content (AvgIpc) is 2.55. The first-order valence-electron chi connectivity index (χ1n) is 8.23. The van der Waals surface area contributed by atoms with Crippen LogP contribution in [0.25, 0.3) is 0 Å². The van der Waals surface area contributed by atoms with Gasteiger partial charge in [-0.1, -0.05) is 26.0 Å². The van der Waals surface area contributed by atoms with Crippen molar-refractivity contribution in [2.75, 3.05) is 32.8 Å². The van der Waals surface area contributed by atoms with Crippen molar-refractivity contribution in [1.82, 2.24) is 9.62 Å². The number of sulfonamides is 1. The molecule has 24 heavy (non-hydrogen) atoms. The van der Waals surface area contributed by atoms with Gasteiger partial charge in [-0.3, -0.25) is 9.69 Å². The van der Waals surface area contributed by atoms with Crippen LogP contribution in [0.5, 0.6) is 0 Å². The second kappa shape index (κ2) is 8.20. The number of hydrogen-bond donors (Lipinski definition) is 1. The van der Waals surface area contributed by atoms with Gasteiger partial charge in [-0.05, 0) is 25.0 Å². The van der Waals surface area contributed by atoms with E-state index in [0.29, 0.717) is 31.2 Å². The van der Waals surface area contributed by atoms with Crippen molar-refractivity contribution < 1.29 is 17.9 Å². The summed E-state index contributed by atoms with van der Waals surface area (Å²) in [6.07, 6.45) is 0. The number of carbonyl (C=O) groups is 1. The van der Waals surface area contributed by atoms with Crippen molar-refractivity contribution >= 4 is 15.8 Å². The molecule has 1 aromatic carbocycles. The summed E-state index contributed by atoms with van der Waals surface area (Å²) in [5, 5.41) is 0. The molecule has 1 saturated heterocycles. The maximum atomic E-state index is 12.5. The normalized spacial score (nSPS) is 17.8. The quantitative estimate of drug-likeness (QED) is 0.752. The minimum atomic E-state index is -3.59. The molecule has 0 aliphatic carbocycles. The zero-order valence-corrected chi connectivity index (χ0v) is 15.3. The van der Waals surface area contributed by atoms with Crippen molar-refractivity contribution in [1.29, 1.82) is 0 Å². The van der Waals surface area contributed by atoms with E-state index in [0.717, 1.165) is 13.1 Å². The lowest BCUT2D eigenvalue weighted by Crippen LogP contribution is -2.51. The molecule has 1 aliphatic heterocycles. The number of hydrogen-bond acceptors (Lipinski definition) is 5. The number of carbonyl (C=O) groups excluding carboxylic acids is 1. The van der Waals surface area contributed by atoms with Gasteiger partial charge in [0.25, 0.3) is 0 Å². The summed E-state index contributed by atoms with van der Waals surface area (Å²) >= 11 is 0. The van der Waals surface area contributed by atoms with Crippen molar-refractivity contribution in [3.63, 3.8) is 0 Å². The summed E-state index contributed by atoms with van der Waals surface area (Å²) < 4.78 is 33.0. The predicted molar refractivity (Wildman–Crippen MR) is 92.7 cm³/mol. The molecular formula is C17H26N2O4S. The number of rotatable bonds is 7. The van der Waals surface area contributed by atoms with Gasteiger partial charge in [0.05, 0.1) is 18.1 Å². The lowest BCUT2D eigenvalue weighted by Gasteiger charge is -2.36. The van der Waals surface area contributed by atoms with Crippen LogP contribution < -0.4 is 4.72 Å². The van der Waals surface area contributed by atoms with Crippen LogP contribution in [0.3, 0.4) is 0 Å². The molecule has 7 heteroatoms. The number of ketones is 1. The SMILES string of the molecule is CC(=O)c1ccc(S(=O)(=O)NC[C@H](C(C)C)N2CCOCC2)cc1. The van der Waals surface area contributed by atoms with Crippen LogP contribution in [0.1, 0.15) is 31.1 Å². The van der Waals surface area contributed by atoms with Crippen LogP contribution in [-0.2, 0) is 14.8 Å². The van der Waals surface area contributed by atoms with E-state index in [1.54, 1.807) is 12.1 Å². The van der Waals surface area contributed by atoms with Gasteiger partial charge in [0.1, 0.15) is 0 Å². The molecule has 2 rings (SSSR count). The molecule has 0 aromatic heterocycles. The number of Topliss-reactive ketones (excluding diaryl/α,β-unsaturated/α-hetero) is 1. The fourth-order valence-electron chi connectivity index (χ4n) is 2.84. The molecular weight excluding hydrogens is 328 g/mol. The van der Waals surface area contributed by atoms with E-state index in [2.05, 4.69) is 23.5 Å². The fraction of sp³-hybridized carbons (Fsp3) is 0.588. The Morgan fingerprint density at radius 3 is 2.29 bits per heavy atom. The summed E-state index contributed by atoms with van der Waals surface area (Å²) in [6, 6.07) is 6.15. The van der Waals surface area contributed by atoms with E-state index in [1.807, 2.05) is 0 Å². The van der Waals surface area contributed by atoms with Gasteiger partial charge >= 0.3 is 0 Å². The highest BCUT2D eigenvalue weighted by atomic mass is 32.2. The summed E-state index contributed by atoms with van der Waals surface area (Å²) in [5.41, 5.74) is 0.502. The summed E-state index contributed by atoms with van der Waals surface area (Å²) in [7, 11) is -3.59. The van der Waals surface area contributed by atoms with Crippen molar-refractivity contribution in [2.45, 2.75) is 31.7 Å². The van der Waals surface area contributed by atoms with Gasteiger partial charge in [-0.15, -0.1) is 0 Å². The van der Waals surface area contributed by atoms with Gasteiger partial charge in [0.15, 0.2) is 5.78 Å². The lowest BCUT2D eigenvalue weighted by atomic mass is 10.0. The second-order valence-electron chi connectivity index (χ2n) is 6.39. The van der Waals surface area contributed by atoms with E-state index in [4.69, 9.17) is 4.74 Å². The number of benzene rings is 1. The first kappa shape index (κ1) is 19.1. The molecule has 0 radical (unpaired) electrons. The third-order valence-electron chi connectivity index (χ3n) is 4.34. The number of morpholine rings is 1. The Morgan fingerprint density at radius 1 is 1.21 bits per heavy atom. The highest BCUT2D eigenvalue weighted by Crippen LogP contribution is 2.15. The minimum absolute atomic E-state index is 0.0842. The Balaban J connectivity index is 2.05. The van der Waals surface area contributed by atoms with E-state index in [-0.39, 0.29) is 16.7 Å². The lowest BCUT2D eigenvalue weighted by molar-refractivity contribution is 0.00776. The summed E-state index contributed by atoms with van der Waals surface area (Å²) in [5.74, 6) is 0.241.